The van der Waals surface area contributed by atoms with Crippen LogP contribution in [0.4, 0.5) is 0 Å². The predicted molar refractivity (Wildman–Crippen MR) is 115 cm³/mol. The van der Waals surface area contributed by atoms with E-state index in [-0.39, 0.29) is 23.1 Å². The number of benzene rings is 1. The summed E-state index contributed by atoms with van der Waals surface area (Å²) in [5, 5.41) is 0. The third-order valence-corrected chi connectivity index (χ3v) is 5.69. The topological polar surface area (TPSA) is 108 Å². The van der Waals surface area contributed by atoms with Crippen LogP contribution in [0.5, 0.6) is 0 Å². The zero-order valence-corrected chi connectivity index (χ0v) is 18.8. The van der Waals surface area contributed by atoms with Gasteiger partial charge in [0.25, 0.3) is 0 Å². The van der Waals surface area contributed by atoms with E-state index < -0.39 is 35.8 Å². The molecule has 1 aromatic carbocycles. The number of rotatable bonds is 7. The molecule has 0 amide bonds. The van der Waals surface area contributed by atoms with Crippen LogP contribution in [-0.2, 0) is 44.7 Å². The molecule has 0 saturated carbocycles. The van der Waals surface area contributed by atoms with E-state index in [4.69, 9.17) is 14.2 Å². The first-order valence-electron chi connectivity index (χ1n) is 10.2. The molecule has 0 N–H and O–H groups in total. The lowest BCUT2D eigenvalue weighted by molar-refractivity contribution is -0.142. The van der Waals surface area contributed by atoms with Gasteiger partial charge in [-0.3, -0.25) is 0 Å². The van der Waals surface area contributed by atoms with Gasteiger partial charge in [-0.15, -0.1) is 0 Å². The monoisotopic (exact) mass is 455 g/mol. The fraction of sp³-hybridized carbons (Fsp3) is 0.333. The molecule has 174 valence electrons. The average Bonchev–Trinajstić information content (AvgIpc) is 2.83. The van der Waals surface area contributed by atoms with Crippen LogP contribution in [0.2, 0.25) is 0 Å². The molecular weight excluding hydrogens is 430 g/mol. The Hall–Kier alpha value is -3.88. The first-order chi connectivity index (χ1) is 15.9. The van der Waals surface area contributed by atoms with E-state index in [2.05, 4.69) is 4.74 Å². The molecule has 1 aromatic rings. The second kappa shape index (κ2) is 10.2. The third kappa shape index (κ3) is 4.67. The van der Waals surface area contributed by atoms with Crippen LogP contribution in [0.3, 0.4) is 0 Å². The van der Waals surface area contributed by atoms with Crippen molar-refractivity contribution in [1.82, 2.24) is 4.90 Å². The van der Waals surface area contributed by atoms with Gasteiger partial charge in [0.2, 0.25) is 0 Å². The molecule has 1 heterocycles. The fourth-order valence-corrected chi connectivity index (χ4v) is 4.20. The molecule has 0 fully saturated rings. The molecule has 3 rings (SSSR count). The van der Waals surface area contributed by atoms with Crippen molar-refractivity contribution in [2.24, 2.45) is 5.92 Å². The van der Waals surface area contributed by atoms with Gasteiger partial charge in [-0.1, -0.05) is 30.3 Å². The van der Waals surface area contributed by atoms with Gasteiger partial charge in [0.15, 0.2) is 0 Å². The van der Waals surface area contributed by atoms with Gasteiger partial charge >= 0.3 is 23.9 Å². The van der Waals surface area contributed by atoms with Gasteiger partial charge in [-0.25, -0.2) is 19.2 Å². The van der Waals surface area contributed by atoms with Crippen LogP contribution in [0.15, 0.2) is 64.9 Å². The van der Waals surface area contributed by atoms with Gasteiger partial charge in [0.05, 0.1) is 51.2 Å². The van der Waals surface area contributed by atoms with Crippen LogP contribution in [-0.4, -0.2) is 63.3 Å². The summed E-state index contributed by atoms with van der Waals surface area (Å²) in [6, 6.07) is 9.03. The molecule has 1 aliphatic carbocycles. The van der Waals surface area contributed by atoms with E-state index in [0.717, 1.165) is 11.6 Å². The molecule has 9 nitrogen and oxygen atoms in total. The third-order valence-electron chi connectivity index (χ3n) is 5.69. The molecule has 0 aromatic heterocycles. The van der Waals surface area contributed by atoms with E-state index in [1.165, 1.54) is 28.4 Å². The Morgan fingerprint density at radius 2 is 1.55 bits per heavy atom. The Labute approximate surface area is 191 Å². The number of fused-ring (bicyclic) bond motifs is 1. The second-order valence-corrected chi connectivity index (χ2v) is 7.45. The maximum Gasteiger partial charge on any atom is 0.338 e. The number of methoxy groups -OCH3 is 4. The van der Waals surface area contributed by atoms with Crippen molar-refractivity contribution in [2.75, 3.05) is 28.4 Å². The van der Waals surface area contributed by atoms with Crippen molar-refractivity contribution in [3.8, 4) is 0 Å². The minimum Gasteiger partial charge on any atom is -0.466 e. The molecule has 1 aliphatic heterocycles. The molecule has 2 atom stereocenters. The average molecular weight is 455 g/mol. The first-order valence-corrected chi connectivity index (χ1v) is 10.2. The maximum atomic E-state index is 12.6. The summed E-state index contributed by atoms with van der Waals surface area (Å²) in [6.45, 7) is 0.382. The molecule has 2 aliphatic rings. The SMILES string of the molecule is COC(=O)/C=C(\C(=O)OC)C1=CN(Cc2ccccc2)[C@H]2C(C(=O)OC)=C(C(=O)OC)[C@H]2C1. The van der Waals surface area contributed by atoms with Crippen molar-refractivity contribution >= 4 is 23.9 Å². The standard InChI is InChI=1S/C24H25NO8/c1-30-18(26)11-16(22(27)31-2)15-10-17-19(23(28)32-3)20(24(29)33-4)21(17)25(13-15)12-14-8-6-5-7-9-14/h5-9,11,13,17,21H,10,12H2,1-4H3/b16-11-/t17-,21-/m1/s1. The van der Waals surface area contributed by atoms with Crippen LogP contribution in [0.1, 0.15) is 12.0 Å². The Morgan fingerprint density at radius 3 is 2.12 bits per heavy atom. The lowest BCUT2D eigenvalue weighted by atomic mass is 9.66. The van der Waals surface area contributed by atoms with Gasteiger partial charge in [-0.05, 0) is 17.6 Å². The van der Waals surface area contributed by atoms with Crippen molar-refractivity contribution in [2.45, 2.75) is 19.0 Å². The fourth-order valence-electron chi connectivity index (χ4n) is 4.20. The van der Waals surface area contributed by atoms with Crippen molar-refractivity contribution in [3.63, 3.8) is 0 Å². The Bertz CT molecular complexity index is 1040. The number of ether oxygens (including phenoxy) is 4. The number of carbonyl (C=O) groups excluding carboxylic acids is 4. The number of esters is 4. The number of hydrogen-bond donors (Lipinski definition) is 0. The Morgan fingerprint density at radius 1 is 0.909 bits per heavy atom. The summed E-state index contributed by atoms with van der Waals surface area (Å²) in [7, 11) is 4.89. The molecule has 9 heteroatoms. The Balaban J connectivity index is 2.12. The van der Waals surface area contributed by atoms with Crippen LogP contribution in [0, 0.1) is 5.92 Å². The van der Waals surface area contributed by atoms with E-state index in [1.807, 2.05) is 35.2 Å². The Kier molecular flexibility index (Phi) is 7.32. The first kappa shape index (κ1) is 23.8. The highest BCUT2D eigenvalue weighted by Gasteiger charge is 2.52. The van der Waals surface area contributed by atoms with E-state index >= 15 is 0 Å². The second-order valence-electron chi connectivity index (χ2n) is 7.45. The lowest BCUT2D eigenvalue weighted by Crippen LogP contribution is -2.53. The summed E-state index contributed by atoms with van der Waals surface area (Å²) in [4.78, 5) is 51.3. The summed E-state index contributed by atoms with van der Waals surface area (Å²) in [5.74, 6) is -3.17. The molecule has 0 unspecified atom stereocenters. The smallest absolute Gasteiger partial charge is 0.338 e. The highest BCUT2D eigenvalue weighted by molar-refractivity contribution is 6.06. The van der Waals surface area contributed by atoms with Gasteiger partial charge in [0, 0.05) is 24.7 Å². The van der Waals surface area contributed by atoms with E-state index in [9.17, 15) is 19.2 Å². The number of hydrogen-bond acceptors (Lipinski definition) is 9. The van der Waals surface area contributed by atoms with Gasteiger partial charge in [0.1, 0.15) is 0 Å². The summed E-state index contributed by atoms with van der Waals surface area (Å²) >= 11 is 0. The zero-order valence-electron chi connectivity index (χ0n) is 18.8. The van der Waals surface area contributed by atoms with E-state index in [1.54, 1.807) is 6.20 Å². The minimum absolute atomic E-state index is 0.0107. The molecule has 33 heavy (non-hydrogen) atoms. The van der Waals surface area contributed by atoms with Crippen LogP contribution < -0.4 is 0 Å². The van der Waals surface area contributed by atoms with Crippen LogP contribution in [0.25, 0.3) is 0 Å². The quantitative estimate of drug-likeness (QED) is 0.345. The van der Waals surface area contributed by atoms with Gasteiger partial charge < -0.3 is 23.8 Å². The highest BCUT2D eigenvalue weighted by Crippen LogP contribution is 2.48. The van der Waals surface area contributed by atoms with Gasteiger partial charge in [-0.2, -0.15) is 0 Å². The molecule has 0 bridgehead atoms. The number of carbonyl (C=O) groups is 4. The summed E-state index contributed by atoms with van der Waals surface area (Å²) < 4.78 is 19.4. The lowest BCUT2D eigenvalue weighted by Gasteiger charge is -2.49. The van der Waals surface area contributed by atoms with Crippen molar-refractivity contribution in [1.29, 1.82) is 0 Å². The number of nitrogens with zero attached hydrogens (tertiary/aromatic N) is 1. The van der Waals surface area contributed by atoms with Crippen molar-refractivity contribution < 1.29 is 38.1 Å². The van der Waals surface area contributed by atoms with Crippen molar-refractivity contribution in [3.05, 3.63) is 70.5 Å². The largest absolute Gasteiger partial charge is 0.466 e. The summed E-state index contributed by atoms with van der Waals surface area (Å²) in [6.07, 6.45) is 2.97. The zero-order chi connectivity index (χ0) is 24.1. The molecule has 0 spiro atoms. The molecule has 0 saturated heterocycles. The van der Waals surface area contributed by atoms with E-state index in [0.29, 0.717) is 12.1 Å². The summed E-state index contributed by atoms with van der Waals surface area (Å²) in [5.41, 5.74) is 1.84. The minimum atomic E-state index is -0.722. The molecule has 0 radical (unpaired) electrons. The predicted octanol–water partition coefficient (Wildman–Crippen LogP) is 1.69. The van der Waals surface area contributed by atoms with Crippen LogP contribution >= 0.6 is 0 Å². The normalized spacial score (nSPS) is 19.6. The maximum absolute atomic E-state index is 12.6. The molecular formula is C24H25NO8. The highest BCUT2D eigenvalue weighted by atomic mass is 16.5.